The van der Waals surface area contributed by atoms with Gasteiger partial charge in [-0.15, -0.1) is 0 Å². The number of likely N-dealkylation sites (N-methyl/N-ethyl adjacent to an activating group) is 1. The zero-order valence-electron chi connectivity index (χ0n) is 13.2. The zero-order chi connectivity index (χ0) is 14.8. The Kier molecular flexibility index (Phi) is 4.34. The number of carbonyl (C=O) groups is 1. The first-order chi connectivity index (χ1) is 10.2. The highest BCUT2D eigenvalue weighted by molar-refractivity contribution is 5.92. The van der Waals surface area contributed by atoms with Crippen molar-refractivity contribution < 1.29 is 9.21 Å². The van der Waals surface area contributed by atoms with Crippen molar-refractivity contribution in [3.05, 3.63) is 23.7 Å². The topological polar surface area (TPSA) is 36.7 Å². The van der Waals surface area contributed by atoms with Crippen LogP contribution in [0.3, 0.4) is 0 Å². The van der Waals surface area contributed by atoms with E-state index >= 15 is 0 Å². The van der Waals surface area contributed by atoms with Crippen LogP contribution < -0.4 is 0 Å². The van der Waals surface area contributed by atoms with Gasteiger partial charge in [0, 0.05) is 25.0 Å². The van der Waals surface area contributed by atoms with Crippen LogP contribution in [0.25, 0.3) is 0 Å². The molecule has 0 spiro atoms. The second-order valence-electron chi connectivity index (χ2n) is 6.17. The normalized spacial score (nSPS) is 26.7. The summed E-state index contributed by atoms with van der Waals surface area (Å²) >= 11 is 0. The molecule has 1 aromatic rings. The van der Waals surface area contributed by atoms with Crippen LogP contribution in [0.2, 0.25) is 0 Å². The highest BCUT2D eigenvalue weighted by atomic mass is 16.4. The van der Waals surface area contributed by atoms with Crippen molar-refractivity contribution in [2.24, 2.45) is 0 Å². The summed E-state index contributed by atoms with van der Waals surface area (Å²) in [6.45, 7) is 7.41. The fourth-order valence-electron chi connectivity index (χ4n) is 3.95. The van der Waals surface area contributed by atoms with E-state index in [1.807, 2.05) is 19.1 Å². The van der Waals surface area contributed by atoms with Crippen LogP contribution in [0.15, 0.2) is 16.5 Å². The summed E-state index contributed by atoms with van der Waals surface area (Å²) in [7, 11) is 0. The Morgan fingerprint density at radius 1 is 1.19 bits per heavy atom. The molecule has 2 aliphatic rings. The van der Waals surface area contributed by atoms with E-state index in [2.05, 4.69) is 16.7 Å². The minimum Gasteiger partial charge on any atom is -0.456 e. The van der Waals surface area contributed by atoms with Gasteiger partial charge in [-0.1, -0.05) is 13.8 Å². The van der Waals surface area contributed by atoms with Crippen molar-refractivity contribution in [2.45, 2.75) is 58.0 Å². The third kappa shape index (κ3) is 2.73. The minimum atomic E-state index is 0.0835. The van der Waals surface area contributed by atoms with E-state index in [1.54, 1.807) is 0 Å². The van der Waals surface area contributed by atoms with E-state index in [0.29, 0.717) is 17.8 Å². The van der Waals surface area contributed by atoms with Gasteiger partial charge in [0.1, 0.15) is 5.76 Å². The standard InChI is InChI=1S/C17H26N2O2/c1-3-13-9-10-16(21-13)17(20)19-12-6-8-15(19)14-7-5-11-18(14)4-2/h9-10,14-15H,3-8,11-12H2,1-2H3/t14-,15-/m0/s1. The summed E-state index contributed by atoms with van der Waals surface area (Å²) in [5, 5.41) is 0. The van der Waals surface area contributed by atoms with Crippen LogP contribution in [0.5, 0.6) is 0 Å². The number of amides is 1. The molecule has 2 aliphatic heterocycles. The second kappa shape index (κ2) is 6.22. The third-order valence-electron chi connectivity index (χ3n) is 5.05. The van der Waals surface area contributed by atoms with Crippen LogP contribution in [0, 0.1) is 0 Å². The van der Waals surface area contributed by atoms with Crippen molar-refractivity contribution in [1.82, 2.24) is 9.80 Å². The molecule has 2 fully saturated rings. The fraction of sp³-hybridized carbons (Fsp3) is 0.706. The van der Waals surface area contributed by atoms with Gasteiger partial charge < -0.3 is 9.32 Å². The molecule has 1 amide bonds. The monoisotopic (exact) mass is 290 g/mol. The number of hydrogen-bond acceptors (Lipinski definition) is 3. The maximum Gasteiger partial charge on any atom is 0.289 e. The van der Waals surface area contributed by atoms with Crippen molar-refractivity contribution in [1.29, 1.82) is 0 Å². The summed E-state index contributed by atoms with van der Waals surface area (Å²) < 4.78 is 5.67. The summed E-state index contributed by atoms with van der Waals surface area (Å²) in [4.78, 5) is 17.4. The Bertz CT molecular complexity index is 497. The number of nitrogens with zero attached hydrogens (tertiary/aromatic N) is 2. The molecule has 0 unspecified atom stereocenters. The van der Waals surface area contributed by atoms with Crippen molar-refractivity contribution in [3.63, 3.8) is 0 Å². The first-order valence-corrected chi connectivity index (χ1v) is 8.38. The molecule has 2 atom stereocenters. The highest BCUT2D eigenvalue weighted by Crippen LogP contribution is 2.31. The summed E-state index contributed by atoms with van der Waals surface area (Å²) in [6.07, 6.45) is 5.57. The molecule has 3 rings (SSSR count). The van der Waals surface area contributed by atoms with E-state index in [0.717, 1.165) is 38.1 Å². The third-order valence-corrected chi connectivity index (χ3v) is 5.05. The molecule has 21 heavy (non-hydrogen) atoms. The Morgan fingerprint density at radius 3 is 2.67 bits per heavy atom. The average molecular weight is 290 g/mol. The van der Waals surface area contributed by atoms with E-state index < -0.39 is 0 Å². The van der Waals surface area contributed by atoms with Gasteiger partial charge in [-0.3, -0.25) is 9.69 Å². The predicted octanol–water partition coefficient (Wildman–Crippen LogP) is 2.93. The maximum atomic E-state index is 12.8. The molecule has 0 N–H and O–H groups in total. The molecule has 2 saturated heterocycles. The lowest BCUT2D eigenvalue weighted by Crippen LogP contribution is -2.48. The number of rotatable bonds is 4. The number of furan rings is 1. The van der Waals surface area contributed by atoms with E-state index in [9.17, 15) is 4.79 Å². The van der Waals surface area contributed by atoms with E-state index in [-0.39, 0.29) is 5.91 Å². The van der Waals surface area contributed by atoms with E-state index in [1.165, 1.54) is 19.4 Å². The van der Waals surface area contributed by atoms with Crippen molar-refractivity contribution >= 4 is 5.91 Å². The molecule has 0 bridgehead atoms. The van der Waals surface area contributed by atoms with Gasteiger partial charge in [-0.2, -0.15) is 0 Å². The SMILES string of the molecule is CCc1ccc(C(=O)N2CCC[C@H]2[C@@H]2CCCN2CC)o1. The van der Waals surface area contributed by atoms with Crippen molar-refractivity contribution in [2.75, 3.05) is 19.6 Å². The zero-order valence-corrected chi connectivity index (χ0v) is 13.2. The molecule has 4 nitrogen and oxygen atoms in total. The quantitative estimate of drug-likeness (QED) is 0.855. The summed E-state index contributed by atoms with van der Waals surface area (Å²) in [5.74, 6) is 1.49. The molecule has 116 valence electrons. The number of aryl methyl sites for hydroxylation is 1. The molecule has 0 aromatic carbocycles. The smallest absolute Gasteiger partial charge is 0.289 e. The van der Waals surface area contributed by atoms with E-state index in [4.69, 9.17) is 4.42 Å². The lowest BCUT2D eigenvalue weighted by atomic mass is 10.0. The van der Waals surface area contributed by atoms with Crippen LogP contribution in [-0.2, 0) is 6.42 Å². The second-order valence-corrected chi connectivity index (χ2v) is 6.17. The van der Waals surface area contributed by atoms with Gasteiger partial charge in [-0.05, 0) is 50.9 Å². The van der Waals surface area contributed by atoms with Crippen molar-refractivity contribution in [3.8, 4) is 0 Å². The lowest BCUT2D eigenvalue weighted by molar-refractivity contribution is 0.0617. The van der Waals surface area contributed by atoms with Crippen LogP contribution >= 0.6 is 0 Å². The first-order valence-electron chi connectivity index (χ1n) is 8.38. The molecule has 0 radical (unpaired) electrons. The van der Waals surface area contributed by atoms with Gasteiger partial charge in [0.15, 0.2) is 5.76 Å². The average Bonchev–Trinajstić information content (AvgIpc) is 3.23. The Labute approximate surface area is 127 Å². The number of likely N-dealkylation sites (tertiary alicyclic amines) is 2. The number of carbonyl (C=O) groups excluding carboxylic acids is 1. The Balaban J connectivity index is 1.75. The van der Waals surface area contributed by atoms with Gasteiger partial charge in [0.05, 0.1) is 0 Å². The summed E-state index contributed by atoms with van der Waals surface area (Å²) in [6, 6.07) is 4.67. The first kappa shape index (κ1) is 14.6. The molecule has 1 aromatic heterocycles. The molecule has 3 heterocycles. The summed E-state index contributed by atoms with van der Waals surface area (Å²) in [5.41, 5.74) is 0. The lowest BCUT2D eigenvalue weighted by Gasteiger charge is -2.34. The minimum absolute atomic E-state index is 0.0835. The van der Waals surface area contributed by atoms with Gasteiger partial charge >= 0.3 is 0 Å². The Morgan fingerprint density at radius 2 is 1.95 bits per heavy atom. The van der Waals surface area contributed by atoms with Gasteiger partial charge in [-0.25, -0.2) is 0 Å². The fourth-order valence-corrected chi connectivity index (χ4v) is 3.95. The molecule has 0 saturated carbocycles. The maximum absolute atomic E-state index is 12.8. The number of hydrogen-bond donors (Lipinski definition) is 0. The Hall–Kier alpha value is -1.29. The largest absolute Gasteiger partial charge is 0.456 e. The van der Waals surface area contributed by atoms with Gasteiger partial charge in [0.2, 0.25) is 0 Å². The van der Waals surface area contributed by atoms with Gasteiger partial charge in [0.25, 0.3) is 5.91 Å². The predicted molar refractivity (Wildman–Crippen MR) is 82.4 cm³/mol. The molecular weight excluding hydrogens is 264 g/mol. The van der Waals surface area contributed by atoms with Crippen LogP contribution in [-0.4, -0.2) is 47.4 Å². The highest BCUT2D eigenvalue weighted by Gasteiger charge is 2.39. The molecule has 4 heteroatoms. The molecule has 0 aliphatic carbocycles. The molecular formula is C17H26N2O2. The van der Waals surface area contributed by atoms with Crippen LogP contribution in [0.4, 0.5) is 0 Å². The van der Waals surface area contributed by atoms with Crippen LogP contribution in [0.1, 0.15) is 55.8 Å².